The van der Waals surface area contributed by atoms with Crippen LogP contribution in [0.2, 0.25) is 18.1 Å². The minimum atomic E-state index is -1.75. The van der Waals surface area contributed by atoms with Gasteiger partial charge in [-0.25, -0.2) is 0 Å². The summed E-state index contributed by atoms with van der Waals surface area (Å²) in [5.41, 5.74) is 2.79. The second-order valence-electron chi connectivity index (χ2n) is 9.94. The molecule has 0 aliphatic carbocycles. The number of rotatable bonds is 9. The van der Waals surface area contributed by atoms with E-state index in [0.29, 0.717) is 0 Å². The van der Waals surface area contributed by atoms with Gasteiger partial charge in [-0.15, -0.1) is 22.0 Å². The first kappa shape index (κ1) is 26.0. The maximum absolute atomic E-state index is 9.68. The summed E-state index contributed by atoms with van der Waals surface area (Å²) < 4.78 is 8.42. The van der Waals surface area contributed by atoms with Crippen LogP contribution in [0.1, 0.15) is 26.3 Å². The number of fused-ring (bicyclic) bond motifs is 1. The van der Waals surface area contributed by atoms with Crippen LogP contribution in [-0.4, -0.2) is 40.4 Å². The molecule has 35 heavy (non-hydrogen) atoms. The molecule has 0 radical (unpaired) electrons. The van der Waals surface area contributed by atoms with E-state index in [1.807, 2.05) is 42.5 Å². The number of benzene rings is 2. The maximum atomic E-state index is 9.68. The van der Waals surface area contributed by atoms with Gasteiger partial charge in [-0.3, -0.25) is 4.40 Å². The zero-order valence-electron chi connectivity index (χ0n) is 21.0. The molecule has 4 aromatic rings. The predicted molar refractivity (Wildman–Crippen MR) is 149 cm³/mol. The summed E-state index contributed by atoms with van der Waals surface area (Å²) in [4.78, 5) is 3.28. The summed E-state index contributed by atoms with van der Waals surface area (Å²) in [5, 5.41) is 18.8. The molecule has 0 saturated carbocycles. The molecule has 2 aromatic carbocycles. The van der Waals surface area contributed by atoms with E-state index in [1.165, 1.54) is 4.90 Å². The van der Waals surface area contributed by atoms with E-state index >= 15 is 0 Å². The molecule has 0 atom stereocenters. The Kier molecular flexibility index (Phi) is 8.08. The lowest BCUT2D eigenvalue weighted by Gasteiger charge is -2.36. The monoisotopic (exact) mass is 523 g/mol. The molecule has 0 amide bonds. The lowest BCUT2D eigenvalue weighted by atomic mass is 10.2. The lowest BCUT2D eigenvalue weighted by molar-refractivity contribution is 0.279. The van der Waals surface area contributed by atoms with Crippen LogP contribution in [0.15, 0.2) is 81.5 Å². The standard InChI is InChI=1S/C27H33N3O2S2Si/c1-27(2,3)35(4,5)32-16-17-33-24-13-9-7-11-22(24)26-29-28-25-15-14-21(18-30(25)26)34-23-12-8-6-10-20(23)19-31/h6-15,18,31H,16-17,19H2,1-5H3. The molecule has 0 unspecified atom stereocenters. The van der Waals surface area contributed by atoms with Crippen LogP contribution in [0.5, 0.6) is 0 Å². The third kappa shape index (κ3) is 6.01. The van der Waals surface area contributed by atoms with Crippen LogP contribution in [0.4, 0.5) is 0 Å². The molecule has 2 heterocycles. The highest BCUT2D eigenvalue weighted by molar-refractivity contribution is 7.99. The summed E-state index contributed by atoms with van der Waals surface area (Å²) >= 11 is 3.43. The van der Waals surface area contributed by atoms with Crippen molar-refractivity contribution in [3.8, 4) is 11.4 Å². The fourth-order valence-corrected chi connectivity index (χ4v) is 6.45. The number of aliphatic hydroxyl groups excluding tert-OH is 1. The molecular weight excluding hydrogens is 491 g/mol. The Hall–Kier alpha value is -2.10. The molecule has 0 aliphatic rings. The molecular formula is C27H33N3O2S2Si. The van der Waals surface area contributed by atoms with Gasteiger partial charge in [-0.2, -0.15) is 0 Å². The van der Waals surface area contributed by atoms with Crippen molar-refractivity contribution in [1.29, 1.82) is 0 Å². The molecule has 0 fully saturated rings. The van der Waals surface area contributed by atoms with Gasteiger partial charge in [-0.1, -0.05) is 68.9 Å². The number of nitrogens with zero attached hydrogens (tertiary/aromatic N) is 3. The largest absolute Gasteiger partial charge is 0.416 e. The Morgan fingerprint density at radius 1 is 0.943 bits per heavy atom. The van der Waals surface area contributed by atoms with Gasteiger partial charge >= 0.3 is 0 Å². The molecule has 1 N–H and O–H groups in total. The topological polar surface area (TPSA) is 59.7 Å². The summed E-state index contributed by atoms with van der Waals surface area (Å²) in [5.74, 6) is 1.71. The van der Waals surface area contributed by atoms with Crippen molar-refractivity contribution in [3.63, 3.8) is 0 Å². The number of thioether (sulfide) groups is 1. The normalized spacial score (nSPS) is 12.4. The zero-order chi connectivity index (χ0) is 25.1. The molecule has 0 aliphatic heterocycles. The van der Waals surface area contributed by atoms with Gasteiger partial charge in [0.15, 0.2) is 19.8 Å². The first-order chi connectivity index (χ1) is 16.7. The second-order valence-corrected chi connectivity index (χ2v) is 17.0. The highest BCUT2D eigenvalue weighted by atomic mass is 32.2. The van der Waals surface area contributed by atoms with Crippen molar-refractivity contribution in [1.82, 2.24) is 14.6 Å². The van der Waals surface area contributed by atoms with E-state index < -0.39 is 8.32 Å². The van der Waals surface area contributed by atoms with E-state index in [2.05, 4.69) is 72.9 Å². The van der Waals surface area contributed by atoms with Crippen LogP contribution in [0, 0.1) is 0 Å². The quantitative estimate of drug-likeness (QED) is 0.143. The van der Waals surface area contributed by atoms with Crippen LogP contribution >= 0.6 is 23.5 Å². The van der Waals surface area contributed by atoms with Crippen LogP contribution in [0.25, 0.3) is 17.0 Å². The van der Waals surface area contributed by atoms with Gasteiger partial charge in [0.1, 0.15) is 0 Å². The summed E-state index contributed by atoms with van der Waals surface area (Å²) in [6.07, 6.45) is 2.07. The number of aliphatic hydroxyl groups is 1. The molecule has 184 valence electrons. The molecule has 5 nitrogen and oxygen atoms in total. The molecule has 8 heteroatoms. The summed E-state index contributed by atoms with van der Waals surface area (Å²) in [6, 6.07) is 20.3. The molecule has 2 aromatic heterocycles. The Morgan fingerprint density at radius 2 is 1.66 bits per heavy atom. The zero-order valence-corrected chi connectivity index (χ0v) is 23.6. The second kappa shape index (κ2) is 10.9. The van der Waals surface area contributed by atoms with Gasteiger partial charge in [0.05, 0.1) is 6.61 Å². The Labute approximate surface area is 217 Å². The van der Waals surface area contributed by atoms with Gasteiger partial charge < -0.3 is 9.53 Å². The first-order valence-electron chi connectivity index (χ1n) is 11.8. The predicted octanol–water partition coefficient (Wildman–Crippen LogP) is 7.15. The van der Waals surface area contributed by atoms with E-state index in [9.17, 15) is 5.11 Å². The Bertz CT molecular complexity index is 1300. The van der Waals surface area contributed by atoms with E-state index in [-0.39, 0.29) is 11.6 Å². The molecule has 0 bridgehead atoms. The highest BCUT2D eigenvalue weighted by Gasteiger charge is 2.36. The maximum Gasteiger partial charge on any atom is 0.192 e. The fraction of sp³-hybridized carbons (Fsp3) is 0.333. The number of pyridine rings is 1. The van der Waals surface area contributed by atoms with Gasteiger partial charge in [0.25, 0.3) is 0 Å². The number of hydrogen-bond acceptors (Lipinski definition) is 6. The highest BCUT2D eigenvalue weighted by Crippen LogP contribution is 2.37. The summed E-state index contributed by atoms with van der Waals surface area (Å²) in [7, 11) is -1.75. The molecule has 0 spiro atoms. The van der Waals surface area contributed by atoms with Crippen molar-refractivity contribution >= 4 is 37.5 Å². The van der Waals surface area contributed by atoms with Crippen molar-refractivity contribution in [2.24, 2.45) is 0 Å². The lowest BCUT2D eigenvalue weighted by Crippen LogP contribution is -2.41. The minimum absolute atomic E-state index is 0.0209. The average molecular weight is 524 g/mol. The van der Waals surface area contributed by atoms with Gasteiger partial charge in [0.2, 0.25) is 0 Å². The third-order valence-electron chi connectivity index (χ3n) is 6.48. The smallest absolute Gasteiger partial charge is 0.192 e. The van der Waals surface area contributed by atoms with E-state index in [0.717, 1.165) is 44.7 Å². The SMILES string of the molecule is CC(C)(C)[Si](C)(C)OCCSc1ccccc1-c1nnc2ccc(Sc3ccccc3CO)cn12. The number of hydrogen-bond donors (Lipinski definition) is 1. The number of aromatic nitrogens is 3. The van der Waals surface area contributed by atoms with Gasteiger partial charge in [0, 0.05) is 38.8 Å². The van der Waals surface area contributed by atoms with Crippen molar-refractivity contribution < 1.29 is 9.53 Å². The fourth-order valence-electron chi connectivity index (χ4n) is 3.42. The van der Waals surface area contributed by atoms with Crippen LogP contribution < -0.4 is 0 Å². The first-order valence-corrected chi connectivity index (χ1v) is 16.5. The minimum Gasteiger partial charge on any atom is -0.416 e. The van der Waals surface area contributed by atoms with Crippen LogP contribution in [0.3, 0.4) is 0 Å². The van der Waals surface area contributed by atoms with E-state index in [1.54, 1.807) is 23.5 Å². The summed E-state index contributed by atoms with van der Waals surface area (Å²) in [6.45, 7) is 12.2. The van der Waals surface area contributed by atoms with Crippen LogP contribution in [-0.2, 0) is 11.0 Å². The van der Waals surface area contributed by atoms with Crippen molar-refractivity contribution in [3.05, 3.63) is 72.4 Å². The molecule has 0 saturated heterocycles. The van der Waals surface area contributed by atoms with E-state index in [4.69, 9.17) is 4.43 Å². The van der Waals surface area contributed by atoms with Crippen molar-refractivity contribution in [2.75, 3.05) is 12.4 Å². The van der Waals surface area contributed by atoms with Crippen molar-refractivity contribution in [2.45, 2.75) is 60.2 Å². The van der Waals surface area contributed by atoms with Gasteiger partial charge in [-0.05, 0) is 48.0 Å². The molecule has 4 rings (SSSR count). The average Bonchev–Trinajstić information content (AvgIpc) is 3.25. The Morgan fingerprint density at radius 3 is 2.40 bits per heavy atom. The third-order valence-corrected chi connectivity index (χ3v) is 13.2. The Balaban J connectivity index is 1.55.